The predicted molar refractivity (Wildman–Crippen MR) is 83.0 cm³/mol. The third-order valence-electron chi connectivity index (χ3n) is 4.02. The molecule has 1 saturated carbocycles. The molecule has 1 aromatic carbocycles. The van der Waals surface area contributed by atoms with Crippen molar-refractivity contribution in [2.75, 3.05) is 7.05 Å². The highest BCUT2D eigenvalue weighted by Gasteiger charge is 2.45. The molecule has 0 bridgehead atoms. The standard InChI is InChI=1S/C17H16ClFN2O/c1-21(10-12-4-5-13(19)7-16(12)18)17(22)15-8-14(15)11-3-2-6-20-9-11/h2-7,9,14-15H,8,10H2,1H3/t14-,15-/m1/s1. The fraction of sp³-hybridized carbons (Fsp3) is 0.294. The van der Waals surface area contributed by atoms with Crippen LogP contribution in [0, 0.1) is 11.7 Å². The Bertz CT molecular complexity index is 692. The number of hydrogen-bond donors (Lipinski definition) is 0. The lowest BCUT2D eigenvalue weighted by atomic mass is 10.1. The van der Waals surface area contributed by atoms with Gasteiger partial charge in [0.1, 0.15) is 5.82 Å². The number of carbonyl (C=O) groups is 1. The summed E-state index contributed by atoms with van der Waals surface area (Å²) in [4.78, 5) is 18.2. The first-order valence-electron chi connectivity index (χ1n) is 7.15. The van der Waals surface area contributed by atoms with E-state index in [-0.39, 0.29) is 23.6 Å². The van der Waals surface area contributed by atoms with Crippen LogP contribution in [0.3, 0.4) is 0 Å². The summed E-state index contributed by atoms with van der Waals surface area (Å²) < 4.78 is 13.0. The Balaban J connectivity index is 1.64. The molecule has 3 rings (SSSR count). The van der Waals surface area contributed by atoms with Crippen LogP contribution in [0.1, 0.15) is 23.5 Å². The number of benzene rings is 1. The average Bonchev–Trinajstić information content (AvgIpc) is 3.30. The molecule has 0 radical (unpaired) electrons. The number of hydrogen-bond acceptors (Lipinski definition) is 2. The van der Waals surface area contributed by atoms with Gasteiger partial charge in [0.2, 0.25) is 5.91 Å². The molecule has 3 nitrogen and oxygen atoms in total. The molecule has 2 aromatic rings. The fourth-order valence-corrected chi connectivity index (χ4v) is 2.93. The Kier molecular flexibility index (Phi) is 4.12. The predicted octanol–water partition coefficient (Wildman–Crippen LogP) is 3.64. The zero-order valence-electron chi connectivity index (χ0n) is 12.2. The van der Waals surface area contributed by atoms with Crippen LogP contribution in [0.5, 0.6) is 0 Å². The zero-order chi connectivity index (χ0) is 15.7. The van der Waals surface area contributed by atoms with Crippen molar-refractivity contribution in [3.63, 3.8) is 0 Å². The van der Waals surface area contributed by atoms with Gasteiger partial charge in [-0.15, -0.1) is 0 Å². The highest BCUT2D eigenvalue weighted by molar-refractivity contribution is 6.31. The number of amides is 1. The van der Waals surface area contributed by atoms with Gasteiger partial charge in [-0.05, 0) is 41.7 Å². The van der Waals surface area contributed by atoms with Crippen molar-refractivity contribution in [3.8, 4) is 0 Å². The van der Waals surface area contributed by atoms with Gasteiger partial charge in [-0.3, -0.25) is 9.78 Å². The molecular formula is C17H16ClFN2O. The minimum atomic E-state index is -0.374. The van der Waals surface area contributed by atoms with E-state index in [0.717, 1.165) is 17.5 Å². The third-order valence-corrected chi connectivity index (χ3v) is 4.37. The molecule has 0 N–H and O–H groups in total. The van der Waals surface area contributed by atoms with Gasteiger partial charge < -0.3 is 4.90 Å². The summed E-state index contributed by atoms with van der Waals surface area (Å²) in [6.07, 6.45) is 4.40. The summed E-state index contributed by atoms with van der Waals surface area (Å²) in [6.45, 7) is 0.383. The number of halogens is 2. The Morgan fingerprint density at radius 2 is 2.27 bits per heavy atom. The molecule has 1 aromatic heterocycles. The van der Waals surface area contributed by atoms with E-state index < -0.39 is 0 Å². The van der Waals surface area contributed by atoms with Gasteiger partial charge in [0.05, 0.1) is 0 Å². The summed E-state index contributed by atoms with van der Waals surface area (Å²) in [7, 11) is 1.75. The number of pyridine rings is 1. The van der Waals surface area contributed by atoms with E-state index in [2.05, 4.69) is 4.98 Å². The molecule has 1 aliphatic carbocycles. The van der Waals surface area contributed by atoms with Crippen LogP contribution in [0.15, 0.2) is 42.7 Å². The molecule has 1 fully saturated rings. The van der Waals surface area contributed by atoms with Gasteiger partial charge in [0, 0.05) is 36.9 Å². The minimum absolute atomic E-state index is 0.00780. The highest BCUT2D eigenvalue weighted by Crippen LogP contribution is 2.48. The van der Waals surface area contributed by atoms with Gasteiger partial charge in [0.25, 0.3) is 0 Å². The molecular weight excluding hydrogens is 303 g/mol. The van der Waals surface area contributed by atoms with Crippen molar-refractivity contribution < 1.29 is 9.18 Å². The van der Waals surface area contributed by atoms with Crippen LogP contribution in [0.4, 0.5) is 4.39 Å². The quantitative estimate of drug-likeness (QED) is 0.862. The van der Waals surface area contributed by atoms with Crippen molar-refractivity contribution >= 4 is 17.5 Å². The Morgan fingerprint density at radius 3 is 2.95 bits per heavy atom. The SMILES string of the molecule is CN(Cc1ccc(F)cc1Cl)C(=O)[C@@H]1C[C@@H]1c1cccnc1. The molecule has 22 heavy (non-hydrogen) atoms. The lowest BCUT2D eigenvalue weighted by Gasteiger charge is -2.18. The van der Waals surface area contributed by atoms with E-state index in [4.69, 9.17) is 11.6 Å². The first-order valence-corrected chi connectivity index (χ1v) is 7.53. The smallest absolute Gasteiger partial charge is 0.226 e. The van der Waals surface area contributed by atoms with E-state index in [9.17, 15) is 9.18 Å². The van der Waals surface area contributed by atoms with Crippen molar-refractivity contribution in [2.45, 2.75) is 18.9 Å². The van der Waals surface area contributed by atoms with Gasteiger partial charge in [-0.1, -0.05) is 23.7 Å². The van der Waals surface area contributed by atoms with E-state index >= 15 is 0 Å². The van der Waals surface area contributed by atoms with Crippen LogP contribution in [-0.4, -0.2) is 22.8 Å². The molecule has 1 amide bonds. The molecule has 5 heteroatoms. The number of carbonyl (C=O) groups excluding carboxylic acids is 1. The summed E-state index contributed by atoms with van der Waals surface area (Å²) in [5.74, 6) is -0.0171. The molecule has 0 unspecified atom stereocenters. The van der Waals surface area contributed by atoms with E-state index in [0.29, 0.717) is 11.6 Å². The first kappa shape index (κ1) is 15.0. The molecule has 0 saturated heterocycles. The van der Waals surface area contributed by atoms with E-state index in [1.807, 2.05) is 18.3 Å². The maximum atomic E-state index is 13.0. The fourth-order valence-electron chi connectivity index (χ4n) is 2.70. The Labute approximate surface area is 133 Å². The van der Waals surface area contributed by atoms with Gasteiger partial charge in [-0.2, -0.15) is 0 Å². The Morgan fingerprint density at radius 1 is 1.45 bits per heavy atom. The lowest BCUT2D eigenvalue weighted by Crippen LogP contribution is -2.28. The maximum absolute atomic E-state index is 13.0. The van der Waals surface area contributed by atoms with Gasteiger partial charge in [-0.25, -0.2) is 4.39 Å². The second-order valence-corrected chi connectivity index (χ2v) is 6.07. The molecule has 0 spiro atoms. The molecule has 0 aliphatic heterocycles. The Hall–Kier alpha value is -1.94. The zero-order valence-corrected chi connectivity index (χ0v) is 12.9. The topological polar surface area (TPSA) is 33.2 Å². The van der Waals surface area contributed by atoms with Gasteiger partial charge >= 0.3 is 0 Å². The normalized spacial score (nSPS) is 19.8. The largest absolute Gasteiger partial charge is 0.341 e. The second kappa shape index (κ2) is 6.05. The second-order valence-electron chi connectivity index (χ2n) is 5.67. The highest BCUT2D eigenvalue weighted by atomic mass is 35.5. The molecule has 1 aliphatic rings. The summed E-state index contributed by atoms with van der Waals surface area (Å²) in [5.41, 5.74) is 1.85. The molecule has 2 atom stereocenters. The summed E-state index contributed by atoms with van der Waals surface area (Å²) in [6, 6.07) is 8.13. The van der Waals surface area contributed by atoms with Crippen LogP contribution >= 0.6 is 11.6 Å². The number of nitrogens with zero attached hydrogens (tertiary/aromatic N) is 2. The lowest BCUT2D eigenvalue weighted by molar-refractivity contribution is -0.131. The minimum Gasteiger partial charge on any atom is -0.341 e. The number of rotatable bonds is 4. The van der Waals surface area contributed by atoms with Crippen molar-refractivity contribution in [1.29, 1.82) is 0 Å². The summed E-state index contributed by atoms with van der Waals surface area (Å²) >= 11 is 6.01. The number of aromatic nitrogens is 1. The van der Waals surface area contributed by atoms with Crippen molar-refractivity contribution in [3.05, 3.63) is 64.7 Å². The third kappa shape index (κ3) is 3.12. The first-order chi connectivity index (χ1) is 10.6. The van der Waals surface area contributed by atoms with E-state index in [1.54, 1.807) is 24.2 Å². The van der Waals surface area contributed by atoms with Crippen LogP contribution in [0.2, 0.25) is 5.02 Å². The monoisotopic (exact) mass is 318 g/mol. The van der Waals surface area contributed by atoms with Crippen molar-refractivity contribution in [1.82, 2.24) is 9.88 Å². The summed E-state index contributed by atoms with van der Waals surface area (Å²) in [5, 5.41) is 0.347. The van der Waals surface area contributed by atoms with Crippen LogP contribution in [-0.2, 0) is 11.3 Å². The van der Waals surface area contributed by atoms with E-state index in [1.165, 1.54) is 12.1 Å². The van der Waals surface area contributed by atoms with Gasteiger partial charge in [0.15, 0.2) is 0 Å². The average molecular weight is 319 g/mol. The molecule has 114 valence electrons. The van der Waals surface area contributed by atoms with Crippen LogP contribution in [0.25, 0.3) is 0 Å². The van der Waals surface area contributed by atoms with Crippen molar-refractivity contribution in [2.24, 2.45) is 5.92 Å². The maximum Gasteiger partial charge on any atom is 0.226 e. The molecule has 1 heterocycles. The van der Waals surface area contributed by atoms with Crippen LogP contribution < -0.4 is 0 Å².